The second kappa shape index (κ2) is 5.92. The zero-order valence-corrected chi connectivity index (χ0v) is 13.5. The van der Waals surface area contributed by atoms with E-state index in [1.807, 2.05) is 36.4 Å². The number of halogens is 1. The van der Waals surface area contributed by atoms with Crippen molar-refractivity contribution in [1.82, 2.24) is 0 Å². The SMILES string of the molecule is COc1ccccc1-c1sc(-c2ccccc2)c(Cl)c1C. The summed E-state index contributed by atoms with van der Waals surface area (Å²) in [6.07, 6.45) is 0. The molecule has 0 fully saturated rings. The highest BCUT2D eigenvalue weighted by atomic mass is 35.5. The lowest BCUT2D eigenvalue weighted by Crippen LogP contribution is -1.86. The first-order chi connectivity index (χ1) is 10.2. The molecule has 1 nitrogen and oxygen atoms in total. The summed E-state index contributed by atoms with van der Waals surface area (Å²) >= 11 is 8.27. The minimum atomic E-state index is 0.826. The van der Waals surface area contributed by atoms with Gasteiger partial charge in [-0.1, -0.05) is 54.1 Å². The van der Waals surface area contributed by atoms with Crippen LogP contribution < -0.4 is 4.74 Å². The number of thiophene rings is 1. The maximum atomic E-state index is 6.56. The highest BCUT2D eigenvalue weighted by Crippen LogP contribution is 2.46. The molecule has 3 heteroatoms. The number of benzene rings is 2. The van der Waals surface area contributed by atoms with E-state index in [0.29, 0.717) is 0 Å². The lowest BCUT2D eigenvalue weighted by molar-refractivity contribution is 0.416. The van der Waals surface area contributed by atoms with E-state index >= 15 is 0 Å². The Hall–Kier alpha value is -1.77. The smallest absolute Gasteiger partial charge is 0.127 e. The van der Waals surface area contributed by atoms with Gasteiger partial charge in [0.2, 0.25) is 0 Å². The van der Waals surface area contributed by atoms with Crippen LogP contribution in [0.15, 0.2) is 54.6 Å². The third-order valence-electron chi connectivity index (χ3n) is 3.46. The molecule has 0 bridgehead atoms. The van der Waals surface area contributed by atoms with Gasteiger partial charge >= 0.3 is 0 Å². The molecule has 0 N–H and O–H groups in total. The predicted molar refractivity (Wildman–Crippen MR) is 91.5 cm³/mol. The van der Waals surface area contributed by atoms with Gasteiger partial charge in [0.1, 0.15) is 5.75 Å². The Bertz CT molecular complexity index is 762. The Kier molecular flexibility index (Phi) is 4.00. The van der Waals surface area contributed by atoms with E-state index in [4.69, 9.17) is 16.3 Å². The third-order valence-corrected chi connectivity index (χ3v) is 5.42. The fraction of sp³-hybridized carbons (Fsp3) is 0.111. The first-order valence-corrected chi connectivity index (χ1v) is 7.89. The zero-order valence-electron chi connectivity index (χ0n) is 11.9. The first-order valence-electron chi connectivity index (χ1n) is 6.70. The molecule has 1 aromatic heterocycles. The van der Waals surface area contributed by atoms with Crippen molar-refractivity contribution in [3.8, 4) is 26.6 Å². The molecule has 0 radical (unpaired) electrons. The molecule has 2 aromatic carbocycles. The van der Waals surface area contributed by atoms with Gasteiger partial charge in [-0.25, -0.2) is 0 Å². The van der Waals surface area contributed by atoms with Gasteiger partial charge in [-0.15, -0.1) is 11.3 Å². The van der Waals surface area contributed by atoms with Crippen LogP contribution in [0.1, 0.15) is 5.56 Å². The lowest BCUT2D eigenvalue weighted by atomic mass is 10.1. The molecule has 0 amide bonds. The quantitative estimate of drug-likeness (QED) is 0.571. The van der Waals surface area contributed by atoms with Gasteiger partial charge in [0.15, 0.2) is 0 Å². The van der Waals surface area contributed by atoms with E-state index in [9.17, 15) is 0 Å². The molecule has 3 aromatic rings. The molecule has 0 atom stereocenters. The Morgan fingerprint density at radius 2 is 1.57 bits per heavy atom. The van der Waals surface area contributed by atoms with Crippen LogP contribution >= 0.6 is 22.9 Å². The van der Waals surface area contributed by atoms with Crippen LogP contribution in [0.3, 0.4) is 0 Å². The van der Waals surface area contributed by atoms with Gasteiger partial charge in [0.25, 0.3) is 0 Å². The van der Waals surface area contributed by atoms with Gasteiger partial charge < -0.3 is 4.74 Å². The van der Waals surface area contributed by atoms with E-state index < -0.39 is 0 Å². The zero-order chi connectivity index (χ0) is 14.8. The minimum absolute atomic E-state index is 0.826. The number of methoxy groups -OCH3 is 1. The van der Waals surface area contributed by atoms with Crippen molar-refractivity contribution >= 4 is 22.9 Å². The van der Waals surface area contributed by atoms with Gasteiger partial charge in [-0.05, 0) is 30.2 Å². The van der Waals surface area contributed by atoms with Crippen LogP contribution in [-0.4, -0.2) is 7.11 Å². The Balaban J connectivity index is 2.18. The summed E-state index contributed by atoms with van der Waals surface area (Å²) < 4.78 is 5.47. The second-order valence-corrected chi connectivity index (χ2v) is 6.16. The van der Waals surface area contributed by atoms with Crippen molar-refractivity contribution in [1.29, 1.82) is 0 Å². The Morgan fingerprint density at radius 1 is 0.905 bits per heavy atom. The van der Waals surface area contributed by atoms with Crippen LogP contribution in [0.4, 0.5) is 0 Å². The van der Waals surface area contributed by atoms with Crippen LogP contribution in [-0.2, 0) is 0 Å². The van der Waals surface area contributed by atoms with E-state index in [1.165, 1.54) is 0 Å². The monoisotopic (exact) mass is 314 g/mol. The number of ether oxygens (including phenoxy) is 1. The molecule has 21 heavy (non-hydrogen) atoms. The summed E-state index contributed by atoms with van der Waals surface area (Å²) in [5, 5.41) is 0.826. The van der Waals surface area contributed by atoms with Crippen LogP contribution in [0.5, 0.6) is 5.75 Å². The maximum absolute atomic E-state index is 6.56. The van der Waals surface area contributed by atoms with E-state index in [0.717, 1.165) is 37.2 Å². The Labute approximate surface area is 133 Å². The minimum Gasteiger partial charge on any atom is -0.496 e. The molecule has 0 saturated heterocycles. The van der Waals surface area contributed by atoms with E-state index in [2.05, 4.69) is 25.1 Å². The molecule has 0 aliphatic heterocycles. The van der Waals surface area contributed by atoms with Crippen LogP contribution in [0.25, 0.3) is 20.9 Å². The molecule has 0 aliphatic carbocycles. The van der Waals surface area contributed by atoms with Crippen molar-refractivity contribution in [3.63, 3.8) is 0 Å². The normalized spacial score (nSPS) is 10.6. The molecule has 0 spiro atoms. The molecule has 3 rings (SSSR count). The van der Waals surface area contributed by atoms with Crippen molar-refractivity contribution in [2.45, 2.75) is 6.92 Å². The summed E-state index contributed by atoms with van der Waals surface area (Å²) in [4.78, 5) is 2.27. The lowest BCUT2D eigenvalue weighted by Gasteiger charge is -2.07. The van der Waals surface area contributed by atoms with Crippen LogP contribution in [0.2, 0.25) is 5.02 Å². The molecule has 0 saturated carbocycles. The summed E-state index contributed by atoms with van der Waals surface area (Å²) in [5.74, 6) is 0.873. The van der Waals surface area contributed by atoms with Gasteiger partial charge in [0, 0.05) is 10.4 Å². The summed E-state index contributed by atoms with van der Waals surface area (Å²) in [5.41, 5.74) is 3.34. The van der Waals surface area contributed by atoms with E-state index in [1.54, 1.807) is 18.4 Å². The largest absolute Gasteiger partial charge is 0.496 e. The van der Waals surface area contributed by atoms with Gasteiger partial charge in [0.05, 0.1) is 17.0 Å². The standard InChI is InChI=1S/C18H15ClOS/c1-12-16(19)18(13-8-4-3-5-9-13)21-17(12)14-10-6-7-11-15(14)20-2/h3-11H,1-2H3. The second-order valence-electron chi connectivity index (χ2n) is 4.77. The fourth-order valence-corrected chi connectivity index (χ4v) is 3.97. The highest BCUT2D eigenvalue weighted by Gasteiger charge is 2.18. The van der Waals surface area contributed by atoms with Gasteiger partial charge in [-0.2, -0.15) is 0 Å². The van der Waals surface area contributed by atoms with Crippen molar-refractivity contribution in [2.75, 3.05) is 7.11 Å². The average molecular weight is 315 g/mol. The van der Waals surface area contributed by atoms with Crippen molar-refractivity contribution in [2.24, 2.45) is 0 Å². The van der Waals surface area contributed by atoms with Gasteiger partial charge in [-0.3, -0.25) is 0 Å². The summed E-state index contributed by atoms with van der Waals surface area (Å²) in [7, 11) is 1.70. The first kappa shape index (κ1) is 14.2. The van der Waals surface area contributed by atoms with E-state index in [-0.39, 0.29) is 0 Å². The number of hydrogen-bond donors (Lipinski definition) is 0. The van der Waals surface area contributed by atoms with Crippen LogP contribution in [0, 0.1) is 6.92 Å². The maximum Gasteiger partial charge on any atom is 0.127 e. The molecule has 1 heterocycles. The average Bonchev–Trinajstić information content (AvgIpc) is 2.84. The molecule has 0 unspecified atom stereocenters. The Morgan fingerprint density at radius 3 is 2.29 bits per heavy atom. The molecule has 0 aliphatic rings. The highest BCUT2D eigenvalue weighted by molar-refractivity contribution is 7.19. The van der Waals surface area contributed by atoms with Crippen molar-refractivity contribution < 1.29 is 4.74 Å². The number of para-hydroxylation sites is 1. The third kappa shape index (κ3) is 2.57. The molecular formula is C18H15ClOS. The number of rotatable bonds is 3. The molecular weight excluding hydrogens is 300 g/mol. The topological polar surface area (TPSA) is 9.23 Å². The fourth-order valence-electron chi connectivity index (χ4n) is 2.36. The summed E-state index contributed by atoms with van der Waals surface area (Å²) in [6.45, 7) is 2.06. The number of hydrogen-bond acceptors (Lipinski definition) is 2. The predicted octanol–water partition coefficient (Wildman–Crippen LogP) is 6.05. The molecule has 106 valence electrons. The summed E-state index contributed by atoms with van der Waals surface area (Å²) in [6, 6.07) is 18.3. The van der Waals surface area contributed by atoms with Crippen molar-refractivity contribution in [3.05, 3.63) is 65.2 Å².